The lowest BCUT2D eigenvalue weighted by molar-refractivity contribution is 0.969. The molecule has 5 heteroatoms. The highest BCUT2D eigenvalue weighted by Gasteiger charge is 2.01. The second-order valence-corrected chi connectivity index (χ2v) is 6.00. The van der Waals surface area contributed by atoms with Gasteiger partial charge in [0.25, 0.3) is 0 Å². The predicted molar refractivity (Wildman–Crippen MR) is 91.6 cm³/mol. The highest BCUT2D eigenvalue weighted by molar-refractivity contribution is 7.97. The molecule has 0 aliphatic carbocycles. The third kappa shape index (κ3) is 4.07. The molecule has 0 bridgehead atoms. The Bertz CT molecular complexity index is 732. The van der Waals surface area contributed by atoms with E-state index in [0.29, 0.717) is 5.15 Å². The molecule has 0 radical (unpaired) electrons. The molecule has 0 atom stereocenters. The van der Waals surface area contributed by atoms with Gasteiger partial charge in [-0.3, -0.25) is 9.71 Å². The van der Waals surface area contributed by atoms with Gasteiger partial charge >= 0.3 is 0 Å². The monoisotopic (exact) mass is 327 g/mol. The molecule has 110 valence electrons. The molecule has 22 heavy (non-hydrogen) atoms. The molecule has 3 nitrogen and oxygen atoms in total. The van der Waals surface area contributed by atoms with E-state index in [4.69, 9.17) is 11.6 Å². The molecule has 0 aliphatic heterocycles. The van der Waals surface area contributed by atoms with Gasteiger partial charge in [0.2, 0.25) is 0 Å². The number of pyridine rings is 2. The van der Waals surface area contributed by atoms with E-state index in [2.05, 4.69) is 39.0 Å². The molecule has 0 fully saturated rings. The van der Waals surface area contributed by atoms with Crippen LogP contribution >= 0.6 is 23.5 Å². The first-order valence-corrected chi connectivity index (χ1v) is 8.02. The van der Waals surface area contributed by atoms with Gasteiger partial charge in [0.15, 0.2) is 0 Å². The smallest absolute Gasteiger partial charge is 0.129 e. The number of hydrogen-bond acceptors (Lipinski definition) is 4. The van der Waals surface area contributed by atoms with Crippen molar-refractivity contribution in [2.24, 2.45) is 0 Å². The van der Waals surface area contributed by atoms with Gasteiger partial charge in [-0.25, -0.2) is 4.98 Å². The molecular formula is C17H14ClN3S. The molecule has 2 heterocycles. The summed E-state index contributed by atoms with van der Waals surface area (Å²) in [5.41, 5.74) is 3.15. The zero-order valence-corrected chi connectivity index (χ0v) is 13.3. The van der Waals surface area contributed by atoms with Crippen molar-refractivity contribution >= 4 is 23.5 Å². The maximum Gasteiger partial charge on any atom is 0.129 e. The summed E-state index contributed by atoms with van der Waals surface area (Å²) in [6, 6.07) is 17.9. The van der Waals surface area contributed by atoms with Gasteiger partial charge in [-0.05, 0) is 53.9 Å². The van der Waals surface area contributed by atoms with E-state index in [1.54, 1.807) is 30.4 Å². The Hall–Kier alpha value is -1.88. The van der Waals surface area contributed by atoms with Crippen LogP contribution in [0.4, 0.5) is 0 Å². The van der Waals surface area contributed by atoms with Crippen LogP contribution in [0.15, 0.2) is 71.9 Å². The van der Waals surface area contributed by atoms with Crippen LogP contribution < -0.4 is 4.72 Å². The minimum absolute atomic E-state index is 0.509. The van der Waals surface area contributed by atoms with Gasteiger partial charge in [0.1, 0.15) is 5.15 Å². The molecule has 2 aromatic heterocycles. The summed E-state index contributed by atoms with van der Waals surface area (Å²) in [6.45, 7) is 0.796. The SMILES string of the molecule is Clc1cccc(-c2ccc(SNCc3ccncc3)cc2)n1. The minimum atomic E-state index is 0.509. The van der Waals surface area contributed by atoms with Crippen LogP contribution in [-0.2, 0) is 6.54 Å². The van der Waals surface area contributed by atoms with Crippen LogP contribution in [0.25, 0.3) is 11.3 Å². The summed E-state index contributed by atoms with van der Waals surface area (Å²) < 4.78 is 3.34. The lowest BCUT2D eigenvalue weighted by Crippen LogP contribution is -2.02. The minimum Gasteiger partial charge on any atom is -0.265 e. The summed E-state index contributed by atoms with van der Waals surface area (Å²) >= 11 is 7.53. The van der Waals surface area contributed by atoms with E-state index in [1.807, 2.05) is 24.3 Å². The standard InChI is InChI=1S/C17H14ClN3S/c18-17-3-1-2-16(21-17)14-4-6-15(7-5-14)22-20-12-13-8-10-19-11-9-13/h1-11,20H,12H2. The zero-order valence-electron chi connectivity index (χ0n) is 11.7. The fourth-order valence-electron chi connectivity index (χ4n) is 1.97. The second kappa shape index (κ2) is 7.40. The lowest BCUT2D eigenvalue weighted by Gasteiger charge is -2.06. The number of aromatic nitrogens is 2. The fraction of sp³-hybridized carbons (Fsp3) is 0.0588. The molecule has 0 saturated carbocycles. The quantitative estimate of drug-likeness (QED) is 0.549. The maximum absolute atomic E-state index is 5.92. The molecule has 3 rings (SSSR count). The number of nitrogens with one attached hydrogen (secondary N) is 1. The molecule has 0 saturated heterocycles. The third-order valence-corrected chi connectivity index (χ3v) is 4.09. The Morgan fingerprint density at radius 3 is 2.45 bits per heavy atom. The Kier molecular flexibility index (Phi) is 5.06. The normalized spacial score (nSPS) is 10.6. The number of halogens is 1. The van der Waals surface area contributed by atoms with Crippen molar-refractivity contribution in [1.29, 1.82) is 0 Å². The first kappa shape index (κ1) is 15.0. The summed E-state index contributed by atoms with van der Waals surface area (Å²) in [4.78, 5) is 9.47. The molecule has 0 unspecified atom stereocenters. The lowest BCUT2D eigenvalue weighted by atomic mass is 10.1. The molecule has 0 aliphatic rings. The van der Waals surface area contributed by atoms with E-state index >= 15 is 0 Å². The Morgan fingerprint density at radius 1 is 0.955 bits per heavy atom. The summed E-state index contributed by atoms with van der Waals surface area (Å²) in [5, 5.41) is 0.509. The van der Waals surface area contributed by atoms with Crippen molar-refractivity contribution in [3.63, 3.8) is 0 Å². The highest BCUT2D eigenvalue weighted by Crippen LogP contribution is 2.22. The van der Waals surface area contributed by atoms with E-state index in [9.17, 15) is 0 Å². The van der Waals surface area contributed by atoms with Crippen LogP contribution in [-0.4, -0.2) is 9.97 Å². The van der Waals surface area contributed by atoms with Crippen molar-refractivity contribution in [3.8, 4) is 11.3 Å². The molecule has 1 N–H and O–H groups in total. The van der Waals surface area contributed by atoms with Gasteiger partial charge < -0.3 is 0 Å². The van der Waals surface area contributed by atoms with Crippen LogP contribution in [0.3, 0.4) is 0 Å². The number of rotatable bonds is 5. The second-order valence-electron chi connectivity index (χ2n) is 4.65. The van der Waals surface area contributed by atoms with E-state index in [0.717, 1.165) is 22.7 Å². The van der Waals surface area contributed by atoms with Crippen molar-refractivity contribution in [3.05, 3.63) is 77.7 Å². The average Bonchev–Trinajstić information content (AvgIpc) is 2.56. The van der Waals surface area contributed by atoms with Crippen LogP contribution in [0.2, 0.25) is 5.15 Å². The highest BCUT2D eigenvalue weighted by atomic mass is 35.5. The number of nitrogens with zero attached hydrogens (tertiary/aromatic N) is 2. The first-order valence-electron chi connectivity index (χ1n) is 6.83. The molecule has 3 aromatic rings. The van der Waals surface area contributed by atoms with Gasteiger partial charge in [-0.1, -0.05) is 29.8 Å². The van der Waals surface area contributed by atoms with E-state index in [-0.39, 0.29) is 0 Å². The molecule has 1 aromatic carbocycles. The summed E-state index contributed by atoms with van der Waals surface area (Å²) in [5.74, 6) is 0. The van der Waals surface area contributed by atoms with E-state index in [1.165, 1.54) is 5.56 Å². The van der Waals surface area contributed by atoms with Crippen molar-refractivity contribution in [1.82, 2.24) is 14.7 Å². The summed E-state index contributed by atoms with van der Waals surface area (Å²) in [7, 11) is 0. The predicted octanol–water partition coefficient (Wildman–Crippen LogP) is 4.59. The van der Waals surface area contributed by atoms with Gasteiger partial charge in [0, 0.05) is 29.4 Å². The fourth-order valence-corrected chi connectivity index (χ4v) is 2.81. The molecular weight excluding hydrogens is 314 g/mol. The van der Waals surface area contributed by atoms with Crippen LogP contribution in [0, 0.1) is 0 Å². The van der Waals surface area contributed by atoms with Gasteiger partial charge in [-0.2, -0.15) is 0 Å². The third-order valence-electron chi connectivity index (χ3n) is 3.08. The largest absolute Gasteiger partial charge is 0.265 e. The van der Waals surface area contributed by atoms with Gasteiger partial charge in [0.05, 0.1) is 5.69 Å². The Labute approximate surface area is 138 Å². The zero-order chi connectivity index (χ0) is 15.2. The maximum atomic E-state index is 5.92. The van der Waals surface area contributed by atoms with E-state index < -0.39 is 0 Å². The number of hydrogen-bond donors (Lipinski definition) is 1. The van der Waals surface area contributed by atoms with Crippen LogP contribution in [0.5, 0.6) is 0 Å². The molecule has 0 amide bonds. The van der Waals surface area contributed by atoms with Crippen molar-refractivity contribution in [2.75, 3.05) is 0 Å². The van der Waals surface area contributed by atoms with Crippen molar-refractivity contribution in [2.45, 2.75) is 11.4 Å². The number of benzene rings is 1. The molecule has 0 spiro atoms. The topological polar surface area (TPSA) is 37.8 Å². The summed E-state index contributed by atoms with van der Waals surface area (Å²) in [6.07, 6.45) is 3.60. The van der Waals surface area contributed by atoms with Crippen LogP contribution in [0.1, 0.15) is 5.56 Å². The van der Waals surface area contributed by atoms with Crippen molar-refractivity contribution < 1.29 is 0 Å². The Morgan fingerprint density at radius 2 is 1.73 bits per heavy atom. The average molecular weight is 328 g/mol. The van der Waals surface area contributed by atoms with Gasteiger partial charge in [-0.15, -0.1) is 0 Å². The Balaban J connectivity index is 1.60. The first-order chi connectivity index (χ1) is 10.8.